The zero-order valence-electron chi connectivity index (χ0n) is 6.83. The summed E-state index contributed by atoms with van der Waals surface area (Å²) in [6.07, 6.45) is 1.02. The molecule has 0 aliphatic rings. The molecule has 0 amide bonds. The Morgan fingerprint density at radius 2 is 1.55 bits per heavy atom. The van der Waals surface area contributed by atoms with Gasteiger partial charge in [-0.1, -0.05) is 6.92 Å². The SMILES string of the molecule is CC(=O)O.CCCC(=O)O.N. The Hall–Kier alpha value is -1.10. The monoisotopic (exact) mass is 165 g/mol. The number of aliphatic carboxylic acids is 2. The molecule has 11 heavy (non-hydrogen) atoms. The topological polar surface area (TPSA) is 110 Å². The minimum Gasteiger partial charge on any atom is -0.481 e. The van der Waals surface area contributed by atoms with E-state index in [1.165, 1.54) is 0 Å². The normalized spacial score (nSPS) is 6.73. The summed E-state index contributed by atoms with van der Waals surface area (Å²) >= 11 is 0. The van der Waals surface area contributed by atoms with E-state index in [9.17, 15) is 4.79 Å². The second-order valence-corrected chi connectivity index (χ2v) is 1.66. The maximum atomic E-state index is 9.60. The van der Waals surface area contributed by atoms with Gasteiger partial charge < -0.3 is 16.4 Å². The number of hydrogen-bond donors (Lipinski definition) is 3. The molecule has 0 radical (unpaired) electrons. The minimum absolute atomic E-state index is 0. The molecule has 0 aromatic carbocycles. The van der Waals surface area contributed by atoms with Crippen molar-refractivity contribution >= 4 is 11.9 Å². The second kappa shape index (κ2) is 11.7. The minimum atomic E-state index is -0.833. The van der Waals surface area contributed by atoms with E-state index in [1.807, 2.05) is 6.92 Å². The van der Waals surface area contributed by atoms with Crippen molar-refractivity contribution < 1.29 is 19.8 Å². The largest absolute Gasteiger partial charge is 0.481 e. The molecule has 0 fully saturated rings. The van der Waals surface area contributed by atoms with Crippen LogP contribution >= 0.6 is 0 Å². The Morgan fingerprint density at radius 1 is 1.27 bits per heavy atom. The molecule has 0 atom stereocenters. The van der Waals surface area contributed by atoms with Gasteiger partial charge in [0.15, 0.2) is 0 Å². The smallest absolute Gasteiger partial charge is 0.303 e. The highest BCUT2D eigenvalue weighted by molar-refractivity contribution is 5.66. The summed E-state index contributed by atoms with van der Waals surface area (Å²) in [5, 5.41) is 15.3. The Morgan fingerprint density at radius 3 is 1.55 bits per heavy atom. The van der Waals surface area contributed by atoms with Crippen LogP contribution in [-0.2, 0) is 9.59 Å². The molecule has 0 rings (SSSR count). The van der Waals surface area contributed by atoms with Crippen LogP contribution in [-0.4, -0.2) is 22.2 Å². The molecular formula is C6H15NO4. The molecule has 0 aliphatic heterocycles. The lowest BCUT2D eigenvalue weighted by molar-refractivity contribution is -0.137. The molecule has 0 unspecified atom stereocenters. The molecule has 0 bridgehead atoms. The Kier molecular flexibility index (Phi) is 17.5. The summed E-state index contributed by atoms with van der Waals surface area (Å²) in [5.41, 5.74) is 0. The fraction of sp³-hybridized carbons (Fsp3) is 0.667. The lowest BCUT2D eigenvalue weighted by atomic mass is 10.4. The van der Waals surface area contributed by atoms with E-state index >= 15 is 0 Å². The van der Waals surface area contributed by atoms with Gasteiger partial charge in [-0.25, -0.2) is 0 Å². The number of carboxylic acid groups (broad SMARTS) is 2. The molecular weight excluding hydrogens is 150 g/mol. The summed E-state index contributed by atoms with van der Waals surface area (Å²) in [4.78, 5) is 18.6. The summed E-state index contributed by atoms with van der Waals surface area (Å²) in [7, 11) is 0. The maximum Gasteiger partial charge on any atom is 0.303 e. The van der Waals surface area contributed by atoms with Crippen LogP contribution in [0.5, 0.6) is 0 Å². The first-order valence-corrected chi connectivity index (χ1v) is 2.92. The van der Waals surface area contributed by atoms with Gasteiger partial charge in [-0.2, -0.15) is 0 Å². The van der Waals surface area contributed by atoms with Crippen molar-refractivity contribution in [3.63, 3.8) is 0 Å². The predicted molar refractivity (Wildman–Crippen MR) is 40.9 cm³/mol. The third-order valence-electron chi connectivity index (χ3n) is 0.464. The fourth-order valence-electron chi connectivity index (χ4n) is 0.214. The first-order chi connectivity index (χ1) is 4.50. The van der Waals surface area contributed by atoms with E-state index in [2.05, 4.69) is 0 Å². The zero-order valence-corrected chi connectivity index (χ0v) is 6.83. The van der Waals surface area contributed by atoms with E-state index in [-0.39, 0.29) is 6.15 Å². The summed E-state index contributed by atoms with van der Waals surface area (Å²) < 4.78 is 0. The third kappa shape index (κ3) is 117. The summed E-state index contributed by atoms with van der Waals surface area (Å²) in [5.74, 6) is -1.54. The van der Waals surface area contributed by atoms with Gasteiger partial charge in [-0.3, -0.25) is 9.59 Å². The lowest BCUT2D eigenvalue weighted by Crippen LogP contribution is -1.90. The molecule has 0 saturated heterocycles. The fourth-order valence-corrected chi connectivity index (χ4v) is 0.214. The Labute approximate surface area is 65.6 Å². The van der Waals surface area contributed by atoms with Crippen molar-refractivity contribution in [3.05, 3.63) is 0 Å². The van der Waals surface area contributed by atoms with Gasteiger partial charge in [0.25, 0.3) is 5.97 Å². The molecule has 0 saturated carbocycles. The summed E-state index contributed by atoms with van der Waals surface area (Å²) in [6, 6.07) is 0. The first kappa shape index (κ1) is 16.5. The molecule has 5 nitrogen and oxygen atoms in total. The molecule has 0 heterocycles. The van der Waals surface area contributed by atoms with Gasteiger partial charge in [0, 0.05) is 13.3 Å². The van der Waals surface area contributed by atoms with Crippen molar-refractivity contribution in [2.45, 2.75) is 26.7 Å². The number of hydrogen-bond acceptors (Lipinski definition) is 3. The standard InChI is InChI=1S/C4H8O2.C2H4O2.H3N/c1-2-3-4(5)6;1-2(3)4;/h2-3H2,1H3,(H,5,6);1H3,(H,3,4);1H3. The van der Waals surface area contributed by atoms with Crippen LogP contribution in [0.15, 0.2) is 0 Å². The van der Waals surface area contributed by atoms with Crippen LogP contribution in [0, 0.1) is 0 Å². The number of rotatable bonds is 2. The molecule has 0 aromatic heterocycles. The quantitative estimate of drug-likeness (QED) is 0.568. The van der Waals surface area contributed by atoms with Gasteiger partial charge in [-0.05, 0) is 6.42 Å². The van der Waals surface area contributed by atoms with Crippen LogP contribution in [0.3, 0.4) is 0 Å². The Balaban J connectivity index is -0.000000114. The van der Waals surface area contributed by atoms with E-state index in [4.69, 9.17) is 15.0 Å². The molecule has 68 valence electrons. The van der Waals surface area contributed by atoms with Crippen molar-refractivity contribution in [3.8, 4) is 0 Å². The predicted octanol–water partition coefficient (Wildman–Crippen LogP) is 1.12. The van der Waals surface area contributed by atoms with E-state index in [0.717, 1.165) is 13.3 Å². The van der Waals surface area contributed by atoms with Crippen LogP contribution in [0.4, 0.5) is 0 Å². The highest BCUT2D eigenvalue weighted by Gasteiger charge is 1.87. The molecule has 0 aromatic rings. The highest BCUT2D eigenvalue weighted by Crippen LogP contribution is 1.82. The average molecular weight is 165 g/mol. The van der Waals surface area contributed by atoms with E-state index in [1.54, 1.807) is 0 Å². The van der Waals surface area contributed by atoms with Crippen molar-refractivity contribution in [1.29, 1.82) is 0 Å². The van der Waals surface area contributed by atoms with Crippen LogP contribution in [0.25, 0.3) is 0 Å². The average Bonchev–Trinajstić information content (AvgIpc) is 1.62. The molecule has 0 spiro atoms. The summed E-state index contributed by atoms with van der Waals surface area (Å²) in [6.45, 7) is 2.92. The lowest BCUT2D eigenvalue weighted by Gasteiger charge is -1.79. The van der Waals surface area contributed by atoms with Gasteiger partial charge in [0.1, 0.15) is 0 Å². The van der Waals surface area contributed by atoms with Gasteiger partial charge in [0.2, 0.25) is 0 Å². The second-order valence-electron chi connectivity index (χ2n) is 1.66. The number of carboxylic acids is 2. The first-order valence-electron chi connectivity index (χ1n) is 2.92. The van der Waals surface area contributed by atoms with E-state index < -0.39 is 11.9 Å². The highest BCUT2D eigenvalue weighted by atomic mass is 16.4. The van der Waals surface area contributed by atoms with Crippen LogP contribution in [0.1, 0.15) is 26.7 Å². The van der Waals surface area contributed by atoms with Gasteiger partial charge >= 0.3 is 5.97 Å². The van der Waals surface area contributed by atoms with Crippen molar-refractivity contribution in [2.24, 2.45) is 0 Å². The van der Waals surface area contributed by atoms with Crippen LogP contribution < -0.4 is 6.15 Å². The third-order valence-corrected chi connectivity index (χ3v) is 0.464. The van der Waals surface area contributed by atoms with Crippen LogP contribution in [0.2, 0.25) is 0 Å². The zero-order chi connectivity index (χ0) is 8.57. The molecule has 0 aliphatic carbocycles. The van der Waals surface area contributed by atoms with Crippen molar-refractivity contribution in [1.82, 2.24) is 6.15 Å². The van der Waals surface area contributed by atoms with Gasteiger partial charge in [-0.15, -0.1) is 0 Å². The van der Waals surface area contributed by atoms with Crippen molar-refractivity contribution in [2.75, 3.05) is 0 Å². The molecule has 5 heteroatoms. The Bertz CT molecular complexity index is 109. The maximum absolute atomic E-state index is 9.60. The molecule has 5 N–H and O–H groups in total. The van der Waals surface area contributed by atoms with E-state index in [0.29, 0.717) is 6.42 Å². The number of carbonyl (C=O) groups is 2. The van der Waals surface area contributed by atoms with Gasteiger partial charge in [0.05, 0.1) is 0 Å².